The Morgan fingerprint density at radius 2 is 2.05 bits per heavy atom. The lowest BCUT2D eigenvalue weighted by molar-refractivity contribution is 0.415. The summed E-state index contributed by atoms with van der Waals surface area (Å²) >= 11 is 1.48. The second-order valence-electron chi connectivity index (χ2n) is 4.08. The number of nitrogen functional groups attached to an aromatic ring is 1. The van der Waals surface area contributed by atoms with Gasteiger partial charge in [0, 0.05) is 17.3 Å². The van der Waals surface area contributed by atoms with Gasteiger partial charge in [0.25, 0.3) is 0 Å². The number of benzene rings is 2. The Morgan fingerprint density at radius 3 is 2.84 bits per heavy atom. The molecule has 0 aliphatic rings. The highest BCUT2D eigenvalue weighted by atomic mass is 32.1. The SMILES string of the molecule is COc1ccc(N)c(-c2nc3cc(F)ccc3s2)c1. The molecule has 0 aliphatic carbocycles. The molecule has 2 aromatic carbocycles. The van der Waals surface area contributed by atoms with Crippen molar-refractivity contribution in [3.05, 3.63) is 42.2 Å². The van der Waals surface area contributed by atoms with E-state index in [1.807, 2.05) is 6.07 Å². The van der Waals surface area contributed by atoms with Gasteiger partial charge in [-0.05, 0) is 30.3 Å². The zero-order valence-corrected chi connectivity index (χ0v) is 11.0. The predicted molar refractivity (Wildman–Crippen MR) is 76.0 cm³/mol. The van der Waals surface area contributed by atoms with Crippen LogP contribution in [-0.4, -0.2) is 12.1 Å². The average molecular weight is 274 g/mol. The molecule has 96 valence electrons. The third-order valence-corrected chi connectivity index (χ3v) is 3.91. The zero-order chi connectivity index (χ0) is 13.4. The maximum absolute atomic E-state index is 13.2. The average Bonchev–Trinajstić information content (AvgIpc) is 2.82. The third-order valence-electron chi connectivity index (χ3n) is 2.84. The normalized spacial score (nSPS) is 10.8. The number of hydrogen-bond donors (Lipinski definition) is 1. The van der Waals surface area contributed by atoms with E-state index in [1.54, 1.807) is 25.3 Å². The number of anilines is 1. The summed E-state index contributed by atoms with van der Waals surface area (Å²) in [6, 6.07) is 9.99. The minimum atomic E-state index is -0.289. The van der Waals surface area contributed by atoms with Crippen molar-refractivity contribution in [2.24, 2.45) is 0 Å². The van der Waals surface area contributed by atoms with Gasteiger partial charge in [0.2, 0.25) is 0 Å². The van der Waals surface area contributed by atoms with Crippen molar-refractivity contribution in [2.75, 3.05) is 12.8 Å². The first-order chi connectivity index (χ1) is 9.17. The molecule has 0 aliphatic heterocycles. The van der Waals surface area contributed by atoms with Gasteiger partial charge >= 0.3 is 0 Å². The van der Waals surface area contributed by atoms with Crippen molar-refractivity contribution < 1.29 is 9.13 Å². The van der Waals surface area contributed by atoms with E-state index in [2.05, 4.69) is 4.98 Å². The van der Waals surface area contributed by atoms with Crippen molar-refractivity contribution in [3.8, 4) is 16.3 Å². The fourth-order valence-corrected chi connectivity index (χ4v) is 2.85. The highest BCUT2D eigenvalue weighted by Crippen LogP contribution is 2.35. The van der Waals surface area contributed by atoms with Crippen LogP contribution in [0.3, 0.4) is 0 Å². The second kappa shape index (κ2) is 4.51. The molecule has 0 saturated carbocycles. The summed E-state index contributed by atoms with van der Waals surface area (Å²) in [6.07, 6.45) is 0. The van der Waals surface area contributed by atoms with Crippen molar-refractivity contribution in [1.82, 2.24) is 4.98 Å². The van der Waals surface area contributed by atoms with Crippen LogP contribution in [0.4, 0.5) is 10.1 Å². The molecule has 1 heterocycles. The lowest BCUT2D eigenvalue weighted by atomic mass is 10.2. The molecule has 3 rings (SSSR count). The van der Waals surface area contributed by atoms with Gasteiger partial charge in [0.15, 0.2) is 0 Å². The minimum absolute atomic E-state index is 0.289. The molecule has 0 atom stereocenters. The van der Waals surface area contributed by atoms with E-state index in [9.17, 15) is 4.39 Å². The largest absolute Gasteiger partial charge is 0.497 e. The second-order valence-corrected chi connectivity index (χ2v) is 5.11. The Kier molecular flexibility index (Phi) is 2.83. The van der Waals surface area contributed by atoms with Gasteiger partial charge in [-0.3, -0.25) is 0 Å². The number of nitrogens with zero attached hydrogens (tertiary/aromatic N) is 1. The number of ether oxygens (including phenoxy) is 1. The lowest BCUT2D eigenvalue weighted by Gasteiger charge is -2.05. The number of rotatable bonds is 2. The van der Waals surface area contributed by atoms with Gasteiger partial charge in [0.1, 0.15) is 16.6 Å². The first-order valence-corrected chi connectivity index (χ1v) is 6.49. The Hall–Kier alpha value is -2.14. The van der Waals surface area contributed by atoms with Gasteiger partial charge in [-0.2, -0.15) is 0 Å². The summed E-state index contributed by atoms with van der Waals surface area (Å²) in [6.45, 7) is 0. The zero-order valence-electron chi connectivity index (χ0n) is 10.2. The highest BCUT2D eigenvalue weighted by molar-refractivity contribution is 7.21. The molecule has 0 unspecified atom stereocenters. The Morgan fingerprint density at radius 1 is 1.21 bits per heavy atom. The van der Waals surface area contributed by atoms with Crippen molar-refractivity contribution in [2.45, 2.75) is 0 Å². The lowest BCUT2D eigenvalue weighted by Crippen LogP contribution is -1.91. The van der Waals surface area contributed by atoms with E-state index in [1.165, 1.54) is 23.5 Å². The fourth-order valence-electron chi connectivity index (χ4n) is 1.86. The first kappa shape index (κ1) is 11.9. The number of halogens is 1. The van der Waals surface area contributed by atoms with E-state index in [-0.39, 0.29) is 5.82 Å². The number of methoxy groups -OCH3 is 1. The predicted octanol–water partition coefficient (Wildman–Crippen LogP) is 3.69. The van der Waals surface area contributed by atoms with E-state index in [0.717, 1.165) is 21.0 Å². The van der Waals surface area contributed by atoms with Crippen molar-refractivity contribution in [1.29, 1.82) is 0 Å². The summed E-state index contributed by atoms with van der Waals surface area (Å²) in [5.74, 6) is 0.428. The molecule has 0 spiro atoms. The maximum atomic E-state index is 13.2. The van der Waals surface area contributed by atoms with Gasteiger partial charge in [-0.1, -0.05) is 0 Å². The molecule has 3 aromatic rings. The van der Waals surface area contributed by atoms with Gasteiger partial charge in [0.05, 0.1) is 17.3 Å². The van der Waals surface area contributed by atoms with E-state index in [4.69, 9.17) is 10.5 Å². The Bertz CT molecular complexity index is 754. The summed E-state index contributed by atoms with van der Waals surface area (Å²) in [7, 11) is 1.60. The molecule has 19 heavy (non-hydrogen) atoms. The van der Waals surface area contributed by atoms with Crippen LogP contribution >= 0.6 is 11.3 Å². The number of thiazole rings is 1. The highest BCUT2D eigenvalue weighted by Gasteiger charge is 2.11. The standard InChI is InChI=1S/C14H11FN2OS/c1-18-9-3-4-11(16)10(7-9)14-17-12-6-8(15)2-5-13(12)19-14/h2-7H,16H2,1H3. The van der Waals surface area contributed by atoms with E-state index < -0.39 is 0 Å². The molecule has 0 fully saturated rings. The fraction of sp³-hybridized carbons (Fsp3) is 0.0714. The number of aromatic nitrogens is 1. The first-order valence-electron chi connectivity index (χ1n) is 5.67. The van der Waals surface area contributed by atoms with Crippen LogP contribution in [0.1, 0.15) is 0 Å². The Balaban J connectivity index is 2.18. The van der Waals surface area contributed by atoms with E-state index in [0.29, 0.717) is 11.2 Å². The van der Waals surface area contributed by atoms with Crippen molar-refractivity contribution in [3.63, 3.8) is 0 Å². The number of fused-ring (bicyclic) bond motifs is 1. The molecule has 2 N–H and O–H groups in total. The van der Waals surface area contributed by atoms with Crippen LogP contribution in [0.15, 0.2) is 36.4 Å². The van der Waals surface area contributed by atoms with Gasteiger partial charge in [-0.25, -0.2) is 9.37 Å². The Labute approximate surface area is 113 Å². The van der Waals surface area contributed by atoms with Crippen LogP contribution in [0.5, 0.6) is 5.75 Å². The molecule has 0 saturated heterocycles. The molecular formula is C14H11FN2OS. The quantitative estimate of drug-likeness (QED) is 0.725. The molecular weight excluding hydrogens is 263 g/mol. The molecule has 5 heteroatoms. The van der Waals surface area contributed by atoms with E-state index >= 15 is 0 Å². The molecule has 3 nitrogen and oxygen atoms in total. The smallest absolute Gasteiger partial charge is 0.126 e. The molecule has 0 amide bonds. The molecule has 0 bridgehead atoms. The summed E-state index contributed by atoms with van der Waals surface area (Å²) in [5.41, 5.74) is 8.04. The van der Waals surface area contributed by atoms with Crippen LogP contribution in [0, 0.1) is 5.82 Å². The summed E-state index contributed by atoms with van der Waals surface area (Å²) in [4.78, 5) is 4.42. The summed E-state index contributed by atoms with van der Waals surface area (Å²) in [5, 5.41) is 0.761. The van der Waals surface area contributed by atoms with Crippen LogP contribution in [-0.2, 0) is 0 Å². The molecule has 0 radical (unpaired) electrons. The maximum Gasteiger partial charge on any atom is 0.126 e. The number of nitrogens with two attached hydrogens (primary N) is 1. The summed E-state index contributed by atoms with van der Waals surface area (Å²) < 4.78 is 19.3. The van der Waals surface area contributed by atoms with Gasteiger partial charge in [-0.15, -0.1) is 11.3 Å². The minimum Gasteiger partial charge on any atom is -0.497 e. The van der Waals surface area contributed by atoms with Crippen LogP contribution in [0.25, 0.3) is 20.8 Å². The van der Waals surface area contributed by atoms with Crippen LogP contribution in [0.2, 0.25) is 0 Å². The monoisotopic (exact) mass is 274 g/mol. The molecule has 1 aromatic heterocycles. The third kappa shape index (κ3) is 2.13. The topological polar surface area (TPSA) is 48.1 Å². The van der Waals surface area contributed by atoms with Gasteiger partial charge < -0.3 is 10.5 Å². The number of hydrogen-bond acceptors (Lipinski definition) is 4. The van der Waals surface area contributed by atoms with Crippen molar-refractivity contribution >= 4 is 27.2 Å². The van der Waals surface area contributed by atoms with Crippen LogP contribution < -0.4 is 10.5 Å².